The van der Waals surface area contributed by atoms with E-state index < -0.39 is 10.8 Å². The van der Waals surface area contributed by atoms with E-state index in [2.05, 4.69) is 33.2 Å². The van der Waals surface area contributed by atoms with Gasteiger partial charge in [0.2, 0.25) is 0 Å². The molecule has 0 saturated carbocycles. The van der Waals surface area contributed by atoms with Crippen molar-refractivity contribution in [3.63, 3.8) is 0 Å². The smallest absolute Gasteiger partial charge is 0.271 e. The number of carbonyl (C=O) groups is 1. The minimum absolute atomic E-state index is 0.0355. The second-order valence-electron chi connectivity index (χ2n) is 4.88. The van der Waals surface area contributed by atoms with Crippen LogP contribution in [0.15, 0.2) is 36.4 Å². The standard InChI is InChI=1S/C15H12IN3O4S/c1-8-4-9(6-10(16)5-8)14(21)18-15(24)17-12-7-11(19(22)23)2-3-13(12)20/h2-7,20H,1H3,(H2,17,18,21,24). The Kier molecular flexibility index (Phi) is 5.67. The molecule has 0 fully saturated rings. The van der Waals surface area contributed by atoms with Crippen molar-refractivity contribution in [2.75, 3.05) is 5.32 Å². The second kappa shape index (κ2) is 7.53. The molecule has 0 aliphatic carbocycles. The van der Waals surface area contributed by atoms with Gasteiger partial charge in [-0.05, 0) is 71.6 Å². The number of hydrogen-bond acceptors (Lipinski definition) is 5. The van der Waals surface area contributed by atoms with Gasteiger partial charge >= 0.3 is 0 Å². The third kappa shape index (κ3) is 4.61. The maximum Gasteiger partial charge on any atom is 0.271 e. The monoisotopic (exact) mass is 457 g/mol. The van der Waals surface area contributed by atoms with Crippen molar-refractivity contribution >= 4 is 57.2 Å². The number of amides is 1. The lowest BCUT2D eigenvalue weighted by Gasteiger charge is -2.11. The number of nitro benzene ring substituents is 1. The van der Waals surface area contributed by atoms with Crippen molar-refractivity contribution < 1.29 is 14.8 Å². The number of thiocarbonyl (C=S) groups is 1. The van der Waals surface area contributed by atoms with E-state index in [-0.39, 0.29) is 22.2 Å². The maximum atomic E-state index is 12.2. The summed E-state index contributed by atoms with van der Waals surface area (Å²) < 4.78 is 0.910. The van der Waals surface area contributed by atoms with Crippen LogP contribution in [0.4, 0.5) is 11.4 Å². The number of carbonyl (C=O) groups excluding carboxylic acids is 1. The Balaban J connectivity index is 2.12. The van der Waals surface area contributed by atoms with Crippen molar-refractivity contribution in [3.8, 4) is 5.75 Å². The van der Waals surface area contributed by atoms with Crippen LogP contribution < -0.4 is 10.6 Å². The number of rotatable bonds is 3. The molecule has 124 valence electrons. The molecule has 0 spiro atoms. The molecule has 2 aromatic rings. The largest absolute Gasteiger partial charge is 0.506 e. The zero-order valence-electron chi connectivity index (χ0n) is 12.4. The predicted molar refractivity (Wildman–Crippen MR) is 102 cm³/mol. The first kappa shape index (κ1) is 18.1. The molecular weight excluding hydrogens is 445 g/mol. The normalized spacial score (nSPS) is 10.1. The summed E-state index contributed by atoms with van der Waals surface area (Å²) in [5.41, 5.74) is 1.19. The fourth-order valence-corrected chi connectivity index (χ4v) is 2.96. The van der Waals surface area contributed by atoms with E-state index in [1.165, 1.54) is 6.07 Å². The van der Waals surface area contributed by atoms with Gasteiger partial charge in [-0.3, -0.25) is 20.2 Å². The van der Waals surface area contributed by atoms with Gasteiger partial charge < -0.3 is 10.4 Å². The lowest BCUT2D eigenvalue weighted by molar-refractivity contribution is -0.384. The highest BCUT2D eigenvalue weighted by Crippen LogP contribution is 2.27. The highest BCUT2D eigenvalue weighted by Gasteiger charge is 2.13. The number of hydrogen-bond donors (Lipinski definition) is 3. The van der Waals surface area contributed by atoms with Crippen molar-refractivity contribution in [3.05, 3.63) is 61.2 Å². The number of anilines is 1. The van der Waals surface area contributed by atoms with Crippen LogP contribution in [0, 0.1) is 20.6 Å². The molecule has 0 heterocycles. The van der Waals surface area contributed by atoms with E-state index in [1.54, 1.807) is 12.1 Å². The van der Waals surface area contributed by atoms with Crippen LogP contribution in [-0.4, -0.2) is 21.0 Å². The lowest BCUT2D eigenvalue weighted by Crippen LogP contribution is -2.34. The Labute approximate surface area is 156 Å². The predicted octanol–water partition coefficient (Wildman–Crippen LogP) is 3.34. The van der Waals surface area contributed by atoms with Gasteiger partial charge in [0, 0.05) is 21.3 Å². The molecule has 0 aromatic heterocycles. The Morgan fingerprint density at radius 2 is 2.00 bits per heavy atom. The molecular formula is C15H12IN3O4S. The lowest BCUT2D eigenvalue weighted by atomic mass is 10.1. The van der Waals surface area contributed by atoms with Crippen LogP contribution in [0.25, 0.3) is 0 Å². The van der Waals surface area contributed by atoms with Gasteiger partial charge in [0.1, 0.15) is 5.75 Å². The average molecular weight is 457 g/mol. The van der Waals surface area contributed by atoms with Gasteiger partial charge in [-0.25, -0.2) is 0 Å². The van der Waals surface area contributed by atoms with Crippen LogP contribution in [0.1, 0.15) is 15.9 Å². The van der Waals surface area contributed by atoms with Gasteiger partial charge in [-0.15, -0.1) is 0 Å². The summed E-state index contributed by atoms with van der Waals surface area (Å²) in [5.74, 6) is -0.638. The number of phenolic OH excluding ortho intramolecular Hbond substituents is 1. The quantitative estimate of drug-likeness (QED) is 0.215. The van der Waals surface area contributed by atoms with Gasteiger partial charge in [0.05, 0.1) is 10.6 Å². The number of nitrogens with one attached hydrogen (secondary N) is 2. The van der Waals surface area contributed by atoms with E-state index in [9.17, 15) is 20.0 Å². The minimum atomic E-state index is -0.596. The number of aromatic hydroxyl groups is 1. The molecule has 0 aliphatic heterocycles. The number of phenols is 1. The van der Waals surface area contributed by atoms with Gasteiger partial charge in [-0.2, -0.15) is 0 Å². The number of nitro groups is 1. The van der Waals surface area contributed by atoms with Crippen molar-refractivity contribution in [2.45, 2.75) is 6.92 Å². The number of halogens is 1. The van der Waals surface area contributed by atoms with Gasteiger partial charge in [0.25, 0.3) is 11.6 Å². The van der Waals surface area contributed by atoms with Crippen molar-refractivity contribution in [1.29, 1.82) is 0 Å². The third-order valence-corrected chi connectivity index (χ3v) is 3.80. The summed E-state index contributed by atoms with van der Waals surface area (Å²) in [5, 5.41) is 25.5. The van der Waals surface area contributed by atoms with Gasteiger partial charge in [-0.1, -0.05) is 0 Å². The number of benzene rings is 2. The zero-order valence-corrected chi connectivity index (χ0v) is 15.3. The van der Waals surface area contributed by atoms with Crippen LogP contribution in [0.2, 0.25) is 0 Å². The number of aryl methyl sites for hydroxylation is 1. The van der Waals surface area contributed by atoms with Crippen LogP contribution in [0.3, 0.4) is 0 Å². The van der Waals surface area contributed by atoms with E-state index >= 15 is 0 Å². The molecule has 0 atom stereocenters. The molecule has 3 N–H and O–H groups in total. The average Bonchev–Trinajstić information content (AvgIpc) is 2.48. The van der Waals surface area contributed by atoms with Crippen LogP contribution in [0.5, 0.6) is 5.75 Å². The molecule has 0 aliphatic rings. The number of nitrogens with zero attached hydrogens (tertiary/aromatic N) is 1. The summed E-state index contributed by atoms with van der Waals surface area (Å²) >= 11 is 7.13. The topological polar surface area (TPSA) is 104 Å². The second-order valence-corrected chi connectivity index (χ2v) is 6.54. The number of non-ortho nitro benzene ring substituents is 1. The molecule has 9 heteroatoms. The Morgan fingerprint density at radius 3 is 2.62 bits per heavy atom. The molecule has 0 saturated heterocycles. The Morgan fingerprint density at radius 1 is 1.29 bits per heavy atom. The summed E-state index contributed by atoms with van der Waals surface area (Å²) in [6.45, 7) is 1.87. The fraction of sp³-hybridized carbons (Fsp3) is 0.0667. The molecule has 0 bridgehead atoms. The highest BCUT2D eigenvalue weighted by atomic mass is 127. The SMILES string of the molecule is Cc1cc(I)cc(C(=O)NC(=S)Nc2cc([N+](=O)[O-])ccc2O)c1. The fourth-order valence-electron chi connectivity index (χ4n) is 1.93. The van der Waals surface area contributed by atoms with E-state index in [1.807, 2.05) is 13.0 Å². The molecule has 24 heavy (non-hydrogen) atoms. The first-order valence-corrected chi connectivity index (χ1v) is 8.12. The maximum absolute atomic E-state index is 12.2. The molecule has 0 unspecified atom stereocenters. The highest BCUT2D eigenvalue weighted by molar-refractivity contribution is 14.1. The van der Waals surface area contributed by atoms with Crippen LogP contribution in [-0.2, 0) is 0 Å². The summed E-state index contributed by atoms with van der Waals surface area (Å²) in [7, 11) is 0. The summed E-state index contributed by atoms with van der Waals surface area (Å²) in [4.78, 5) is 22.4. The molecule has 1 amide bonds. The molecule has 7 nitrogen and oxygen atoms in total. The molecule has 0 radical (unpaired) electrons. The van der Waals surface area contributed by atoms with E-state index in [0.717, 1.165) is 21.3 Å². The first-order valence-electron chi connectivity index (χ1n) is 6.63. The Bertz CT molecular complexity index is 821. The molecule has 2 aromatic carbocycles. The summed E-state index contributed by atoms with van der Waals surface area (Å²) in [6.07, 6.45) is 0. The summed E-state index contributed by atoms with van der Waals surface area (Å²) in [6, 6.07) is 8.81. The van der Waals surface area contributed by atoms with E-state index in [4.69, 9.17) is 12.2 Å². The van der Waals surface area contributed by atoms with Crippen molar-refractivity contribution in [2.24, 2.45) is 0 Å². The van der Waals surface area contributed by atoms with E-state index in [0.29, 0.717) is 5.56 Å². The Hall–Kier alpha value is -2.27. The van der Waals surface area contributed by atoms with Crippen LogP contribution >= 0.6 is 34.8 Å². The van der Waals surface area contributed by atoms with Gasteiger partial charge in [0.15, 0.2) is 5.11 Å². The first-order chi connectivity index (χ1) is 11.3. The molecule has 2 rings (SSSR count). The minimum Gasteiger partial charge on any atom is -0.506 e. The zero-order chi connectivity index (χ0) is 17.9. The third-order valence-electron chi connectivity index (χ3n) is 2.97. The van der Waals surface area contributed by atoms with Crippen molar-refractivity contribution in [1.82, 2.24) is 5.32 Å².